The van der Waals surface area contributed by atoms with Crippen LogP contribution < -0.4 is 0 Å². The minimum absolute atomic E-state index is 0.471. The Balaban J connectivity index is 2.71. The van der Waals surface area contributed by atoms with Crippen molar-refractivity contribution in [2.24, 2.45) is 0 Å². The van der Waals surface area contributed by atoms with Crippen molar-refractivity contribution >= 4 is 6.29 Å². The van der Waals surface area contributed by atoms with E-state index in [0.717, 1.165) is 12.8 Å². The van der Waals surface area contributed by atoms with Crippen molar-refractivity contribution in [1.82, 2.24) is 9.97 Å². The first kappa shape index (κ1) is 9.40. The van der Waals surface area contributed by atoms with Crippen LogP contribution in [0.15, 0.2) is 12.4 Å². The van der Waals surface area contributed by atoms with E-state index < -0.39 is 0 Å². The van der Waals surface area contributed by atoms with E-state index in [1.807, 2.05) is 0 Å². The Kier molecular flexibility index (Phi) is 3.65. The van der Waals surface area contributed by atoms with Crippen molar-refractivity contribution < 1.29 is 4.79 Å². The maximum absolute atomic E-state index is 10.3. The average molecular weight is 174 g/mol. The molecule has 0 spiro atoms. The number of aldehydes is 1. The minimum Gasteiger partial charge on any atom is -0.298 e. The van der Waals surface area contributed by atoms with Crippen molar-refractivity contribution in [2.45, 2.75) is 19.8 Å². The second-order valence-electron chi connectivity index (χ2n) is 2.51. The number of nitrogens with zero attached hydrogens (tertiary/aromatic N) is 2. The molecule has 1 aromatic heterocycles. The second-order valence-corrected chi connectivity index (χ2v) is 2.51. The topological polar surface area (TPSA) is 42.9 Å². The minimum atomic E-state index is 0.471. The molecule has 0 saturated heterocycles. The molecule has 1 heterocycles. The van der Waals surface area contributed by atoms with Gasteiger partial charge in [-0.25, -0.2) is 9.97 Å². The first-order valence-corrected chi connectivity index (χ1v) is 4.13. The quantitative estimate of drug-likeness (QED) is 0.503. The molecular formula is C10H10N2O. The van der Waals surface area contributed by atoms with Crippen LogP contribution >= 0.6 is 0 Å². The predicted octanol–water partition coefficient (Wildman–Crippen LogP) is 1.44. The number of aromatic nitrogens is 2. The number of hydrogen-bond acceptors (Lipinski definition) is 3. The third-order valence-electron chi connectivity index (χ3n) is 1.38. The van der Waals surface area contributed by atoms with Crippen molar-refractivity contribution in [3.63, 3.8) is 0 Å². The van der Waals surface area contributed by atoms with Gasteiger partial charge in [0.2, 0.25) is 5.82 Å². The lowest BCUT2D eigenvalue weighted by Gasteiger charge is -1.88. The van der Waals surface area contributed by atoms with Crippen molar-refractivity contribution in [3.05, 3.63) is 23.8 Å². The molecule has 3 heteroatoms. The van der Waals surface area contributed by atoms with Gasteiger partial charge in [-0.3, -0.25) is 4.79 Å². The number of rotatable bonds is 2. The summed E-state index contributed by atoms with van der Waals surface area (Å²) in [7, 11) is 0. The molecule has 0 radical (unpaired) electrons. The van der Waals surface area contributed by atoms with Gasteiger partial charge in [0.15, 0.2) is 6.29 Å². The highest BCUT2D eigenvalue weighted by atomic mass is 16.1. The normalized spacial score (nSPS) is 8.69. The van der Waals surface area contributed by atoms with E-state index in [-0.39, 0.29) is 0 Å². The van der Waals surface area contributed by atoms with Gasteiger partial charge < -0.3 is 0 Å². The molecule has 3 nitrogen and oxygen atoms in total. The van der Waals surface area contributed by atoms with Crippen LogP contribution in [0, 0.1) is 11.8 Å². The molecule has 66 valence electrons. The van der Waals surface area contributed by atoms with Crippen LogP contribution in [0.25, 0.3) is 0 Å². The number of carbonyl (C=O) groups excluding carboxylic acids is 1. The third-order valence-corrected chi connectivity index (χ3v) is 1.38. The van der Waals surface area contributed by atoms with Gasteiger partial charge in [-0.05, 0) is 12.3 Å². The van der Waals surface area contributed by atoms with Gasteiger partial charge in [0.05, 0.1) is 5.56 Å². The lowest BCUT2D eigenvalue weighted by Crippen LogP contribution is -1.90. The van der Waals surface area contributed by atoms with Crippen LogP contribution in [-0.2, 0) is 0 Å². The highest BCUT2D eigenvalue weighted by molar-refractivity contribution is 5.73. The second kappa shape index (κ2) is 5.04. The number of hydrogen-bond donors (Lipinski definition) is 0. The zero-order valence-corrected chi connectivity index (χ0v) is 7.45. The molecule has 0 aliphatic carbocycles. The molecule has 0 aliphatic rings. The molecule has 0 aromatic carbocycles. The summed E-state index contributed by atoms with van der Waals surface area (Å²) in [5, 5.41) is 0. The smallest absolute Gasteiger partial charge is 0.204 e. The molecule has 0 amide bonds. The zero-order valence-electron chi connectivity index (χ0n) is 7.45. The first-order chi connectivity index (χ1) is 6.36. The highest BCUT2D eigenvalue weighted by Crippen LogP contribution is 1.91. The Morgan fingerprint density at radius 1 is 1.46 bits per heavy atom. The lowest BCUT2D eigenvalue weighted by atomic mass is 10.3. The van der Waals surface area contributed by atoms with Crippen LogP contribution in [0.1, 0.15) is 35.9 Å². The molecule has 0 aliphatic heterocycles. The van der Waals surface area contributed by atoms with Gasteiger partial charge >= 0.3 is 0 Å². The van der Waals surface area contributed by atoms with Crippen molar-refractivity contribution in [2.75, 3.05) is 0 Å². The Hall–Kier alpha value is -1.69. The molecule has 1 aromatic rings. The molecular weight excluding hydrogens is 164 g/mol. The molecule has 13 heavy (non-hydrogen) atoms. The molecule has 0 N–H and O–H groups in total. The predicted molar refractivity (Wildman–Crippen MR) is 49.2 cm³/mol. The van der Waals surface area contributed by atoms with Gasteiger partial charge in [0, 0.05) is 18.8 Å². The van der Waals surface area contributed by atoms with E-state index in [4.69, 9.17) is 0 Å². The third kappa shape index (κ3) is 3.04. The molecule has 1 rings (SSSR count). The van der Waals surface area contributed by atoms with Gasteiger partial charge in [-0.2, -0.15) is 0 Å². The fraction of sp³-hybridized carbons (Fsp3) is 0.300. The summed E-state index contributed by atoms with van der Waals surface area (Å²) in [6.45, 7) is 2.06. The van der Waals surface area contributed by atoms with Gasteiger partial charge in [-0.15, -0.1) is 0 Å². The zero-order chi connectivity index (χ0) is 9.52. The Morgan fingerprint density at radius 3 is 2.69 bits per heavy atom. The standard InChI is InChI=1S/C10H10N2O/c1-2-3-4-5-10-11-6-9(8-13)7-12-10/h6-8H,2-3H2,1H3. The summed E-state index contributed by atoms with van der Waals surface area (Å²) in [5.74, 6) is 6.21. The molecule has 0 unspecified atom stereocenters. The average Bonchev–Trinajstić information content (AvgIpc) is 2.19. The van der Waals surface area contributed by atoms with Crippen LogP contribution in [0.4, 0.5) is 0 Å². The largest absolute Gasteiger partial charge is 0.298 e. The summed E-state index contributed by atoms with van der Waals surface area (Å²) in [6, 6.07) is 0. The summed E-state index contributed by atoms with van der Waals surface area (Å²) < 4.78 is 0. The molecule has 0 atom stereocenters. The van der Waals surface area contributed by atoms with E-state index in [2.05, 4.69) is 28.7 Å². The van der Waals surface area contributed by atoms with Crippen LogP contribution in [0.5, 0.6) is 0 Å². The van der Waals surface area contributed by atoms with E-state index >= 15 is 0 Å². The molecule has 0 bridgehead atoms. The SMILES string of the molecule is CCCC#Cc1ncc(C=O)cn1. The fourth-order valence-corrected chi connectivity index (χ4v) is 0.730. The molecule has 0 saturated carbocycles. The monoisotopic (exact) mass is 174 g/mol. The van der Waals surface area contributed by atoms with Crippen LogP contribution in [0.2, 0.25) is 0 Å². The Labute approximate surface area is 77.2 Å². The van der Waals surface area contributed by atoms with Crippen molar-refractivity contribution in [1.29, 1.82) is 0 Å². The van der Waals surface area contributed by atoms with Gasteiger partial charge in [0.1, 0.15) is 0 Å². The summed E-state index contributed by atoms with van der Waals surface area (Å²) in [4.78, 5) is 18.1. The summed E-state index contributed by atoms with van der Waals surface area (Å²) >= 11 is 0. The van der Waals surface area contributed by atoms with E-state index in [0.29, 0.717) is 17.7 Å². The maximum atomic E-state index is 10.3. The van der Waals surface area contributed by atoms with Crippen LogP contribution in [0.3, 0.4) is 0 Å². The lowest BCUT2D eigenvalue weighted by molar-refractivity contribution is 0.112. The van der Waals surface area contributed by atoms with Crippen molar-refractivity contribution in [3.8, 4) is 11.8 Å². The maximum Gasteiger partial charge on any atom is 0.204 e. The fourth-order valence-electron chi connectivity index (χ4n) is 0.730. The van der Waals surface area contributed by atoms with Crippen LogP contribution in [-0.4, -0.2) is 16.3 Å². The van der Waals surface area contributed by atoms with Gasteiger partial charge in [-0.1, -0.05) is 12.8 Å². The highest BCUT2D eigenvalue weighted by Gasteiger charge is 1.91. The van der Waals surface area contributed by atoms with Gasteiger partial charge in [0.25, 0.3) is 0 Å². The number of carbonyl (C=O) groups is 1. The van der Waals surface area contributed by atoms with E-state index in [1.165, 1.54) is 12.4 Å². The number of unbranched alkanes of at least 4 members (excludes halogenated alkanes) is 1. The summed E-state index contributed by atoms with van der Waals surface area (Å²) in [5.41, 5.74) is 0.473. The summed E-state index contributed by atoms with van der Waals surface area (Å²) in [6.07, 6.45) is 5.52. The van der Waals surface area contributed by atoms with E-state index in [1.54, 1.807) is 0 Å². The first-order valence-electron chi connectivity index (χ1n) is 4.13. The molecule has 0 fully saturated rings. The Morgan fingerprint density at radius 2 is 2.15 bits per heavy atom. The Bertz CT molecular complexity index is 332. The van der Waals surface area contributed by atoms with E-state index in [9.17, 15) is 4.79 Å².